The Hall–Kier alpha value is -3.49. The number of benzene rings is 1. The highest BCUT2D eigenvalue weighted by Crippen LogP contribution is 2.34. The van der Waals surface area contributed by atoms with Gasteiger partial charge >= 0.3 is 0 Å². The molecule has 0 spiro atoms. The number of amides is 1. The fraction of sp³-hybridized carbons (Fsp3) is 0.316. The van der Waals surface area contributed by atoms with Crippen LogP contribution in [0.3, 0.4) is 0 Å². The second-order valence-corrected chi connectivity index (χ2v) is 5.75. The third-order valence-electron chi connectivity index (χ3n) is 4.18. The number of hydrogen-bond donors (Lipinski definition) is 1. The molecule has 1 amide bonds. The summed E-state index contributed by atoms with van der Waals surface area (Å²) in [5.41, 5.74) is -0.409. The quantitative estimate of drug-likeness (QED) is 0.695. The SMILES string of the molecule is [2H]c1oc(C(=O)N2CCN(c3nc(N([2H])[2H])c4c([2H])c(OC([2H])([2H])[2H])c(OC([2H])([2H])[2H])c([2H])c4n3)CC2)c([2H])c1[2H]. The second-order valence-electron chi connectivity index (χ2n) is 5.75. The van der Waals surface area contributed by atoms with Crippen LogP contribution in [0, 0.1) is 0 Å². The van der Waals surface area contributed by atoms with E-state index in [1.165, 1.54) is 9.80 Å². The van der Waals surface area contributed by atoms with Gasteiger partial charge in [0.15, 0.2) is 20.1 Å². The summed E-state index contributed by atoms with van der Waals surface area (Å²) in [7, 11) is -6.35. The summed E-state index contributed by atoms with van der Waals surface area (Å²) in [5, 5.41) is -0.437. The predicted octanol–water partition coefficient (Wildman–Crippen LogP) is 1.78. The minimum atomic E-state index is -3.18. The number of nitrogens with zero attached hydrogens (tertiary/aromatic N) is 4. The number of methoxy groups -OCH3 is 2. The van der Waals surface area contributed by atoms with Gasteiger partial charge in [0.05, 0.1) is 39.5 Å². The Kier molecular flexibility index (Phi) is 2.14. The Balaban J connectivity index is 1.75. The van der Waals surface area contributed by atoms with Gasteiger partial charge in [0, 0.05) is 37.6 Å². The Morgan fingerprint density at radius 1 is 1.25 bits per heavy atom. The maximum absolute atomic E-state index is 12.8. The average Bonchev–Trinajstić information content (AvgIpc) is 3.14. The lowest BCUT2D eigenvalue weighted by atomic mass is 10.2. The second kappa shape index (κ2) is 7.26. The minimum Gasteiger partial charge on any atom is -0.493 e. The normalized spacial score (nSPS) is 21.8. The van der Waals surface area contributed by atoms with E-state index in [1.807, 2.05) is 0 Å². The molecule has 1 aliphatic rings. The number of hydrogen-bond acceptors (Lipinski definition) is 8. The predicted molar refractivity (Wildman–Crippen MR) is 104 cm³/mol. The highest BCUT2D eigenvalue weighted by Gasteiger charge is 2.25. The summed E-state index contributed by atoms with van der Waals surface area (Å²) < 4.78 is 115. The molecule has 0 radical (unpaired) electrons. The summed E-state index contributed by atoms with van der Waals surface area (Å²) in [6.45, 7) is 0.223. The molecule has 0 unspecified atom stereocenters. The molecule has 0 saturated carbocycles. The molecule has 1 fully saturated rings. The molecule has 0 aliphatic carbocycles. The molecule has 4 rings (SSSR count). The lowest BCUT2D eigenvalue weighted by Crippen LogP contribution is -2.49. The highest BCUT2D eigenvalue weighted by molar-refractivity contribution is 5.92. The lowest BCUT2D eigenvalue weighted by Gasteiger charge is -2.34. The van der Waals surface area contributed by atoms with E-state index in [0.29, 0.717) is 0 Å². The van der Waals surface area contributed by atoms with E-state index in [4.69, 9.17) is 31.8 Å². The third kappa shape index (κ3) is 3.15. The van der Waals surface area contributed by atoms with Crippen molar-refractivity contribution in [1.82, 2.24) is 14.9 Å². The van der Waals surface area contributed by atoms with E-state index in [2.05, 4.69) is 9.97 Å². The molecule has 28 heavy (non-hydrogen) atoms. The number of piperazine rings is 1. The molecule has 9 heteroatoms. The molecular weight excluding hydrogens is 362 g/mol. The van der Waals surface area contributed by atoms with Gasteiger partial charge in [-0.15, -0.1) is 0 Å². The molecule has 1 aromatic carbocycles. The van der Waals surface area contributed by atoms with Gasteiger partial charge < -0.3 is 29.4 Å². The molecule has 9 nitrogen and oxygen atoms in total. The van der Waals surface area contributed by atoms with E-state index in [-0.39, 0.29) is 37.8 Å². The Morgan fingerprint density at radius 2 is 2.04 bits per heavy atom. The van der Waals surface area contributed by atoms with Crippen LogP contribution < -0.4 is 20.1 Å². The first-order valence-electron chi connectivity index (χ1n) is 14.4. The smallest absolute Gasteiger partial charge is 0.289 e. The zero-order chi connectivity index (χ0) is 30.6. The number of ether oxygens (including phenoxy) is 2. The number of aromatic nitrogens is 2. The Bertz CT molecular complexity index is 1500. The number of nitrogen functional groups attached to an aromatic ring is 1. The number of carbonyl (C=O) groups excluding carboxylic acids is 1. The molecule has 146 valence electrons. The van der Waals surface area contributed by atoms with Crippen LogP contribution in [0.25, 0.3) is 10.9 Å². The first-order chi connectivity index (χ1) is 18.9. The number of rotatable bonds is 5. The van der Waals surface area contributed by atoms with Gasteiger partial charge in [0.1, 0.15) is 7.19 Å². The number of furan rings is 1. The van der Waals surface area contributed by atoms with Gasteiger partial charge in [-0.25, -0.2) is 4.98 Å². The lowest BCUT2D eigenvalue weighted by molar-refractivity contribution is 0.0714. The molecule has 3 aromatic rings. The fourth-order valence-electron chi connectivity index (χ4n) is 2.80. The van der Waals surface area contributed by atoms with Crippen LogP contribution in [0.15, 0.2) is 34.8 Å². The van der Waals surface area contributed by atoms with Crippen LogP contribution >= 0.6 is 0 Å². The fourth-order valence-corrected chi connectivity index (χ4v) is 2.80. The highest BCUT2D eigenvalue weighted by atomic mass is 16.5. The zero-order valence-electron chi connectivity index (χ0n) is 27.2. The summed E-state index contributed by atoms with van der Waals surface area (Å²) in [4.78, 5) is 24.0. The number of nitrogens with two attached hydrogens (primary N) is 1. The van der Waals surface area contributed by atoms with Gasteiger partial charge in [0.25, 0.3) is 5.91 Å². The van der Waals surface area contributed by atoms with Gasteiger partial charge in [-0.05, 0) is 18.1 Å². The molecule has 0 atom stereocenters. The molecule has 1 aliphatic heterocycles. The van der Waals surface area contributed by atoms with Gasteiger partial charge in [0.2, 0.25) is 5.95 Å². The summed E-state index contributed by atoms with van der Waals surface area (Å²) in [5.74, 6) is -3.68. The van der Waals surface area contributed by atoms with Crippen molar-refractivity contribution in [1.29, 1.82) is 0 Å². The zero-order valence-corrected chi connectivity index (χ0v) is 14.2. The van der Waals surface area contributed by atoms with Crippen LogP contribution in [-0.4, -0.2) is 61.0 Å². The van der Waals surface area contributed by atoms with Crippen LogP contribution in [-0.2, 0) is 0 Å². The van der Waals surface area contributed by atoms with Crippen molar-refractivity contribution in [3.63, 3.8) is 0 Å². The van der Waals surface area contributed by atoms with Crippen LogP contribution in [0.2, 0.25) is 2.82 Å². The van der Waals surface area contributed by atoms with Gasteiger partial charge in [-0.2, -0.15) is 4.98 Å². The van der Waals surface area contributed by atoms with Crippen molar-refractivity contribution >= 4 is 28.6 Å². The molecule has 0 bridgehead atoms. The number of fused-ring (bicyclic) bond motifs is 1. The van der Waals surface area contributed by atoms with Gasteiger partial charge in [-0.1, -0.05) is 0 Å². The van der Waals surface area contributed by atoms with E-state index >= 15 is 0 Å². The largest absolute Gasteiger partial charge is 0.493 e. The van der Waals surface area contributed by atoms with Crippen molar-refractivity contribution in [3.8, 4) is 11.5 Å². The minimum absolute atomic E-state index is 0.0116. The standard InChI is InChI=1S/C19H21N5O4/c1-26-15-10-12-13(11-16(15)27-2)21-19(22-17(12)20)24-7-5-23(6-8-24)18(25)14-4-3-9-28-14/h3-4,9-11H,5-8H2,1-2H3,(H2,20,21,22)/i1D3,2D3,3D,4D,9D,10D,11D/hD2. The first-order valence-corrected chi connectivity index (χ1v) is 8.01. The van der Waals surface area contributed by atoms with Crippen LogP contribution in [0.5, 0.6) is 11.5 Å². The van der Waals surface area contributed by atoms with E-state index in [0.717, 1.165) is 0 Å². The summed E-state index contributed by atoms with van der Waals surface area (Å²) in [6.07, 6.45) is -0.612. The van der Waals surface area contributed by atoms with Crippen LogP contribution in [0.4, 0.5) is 11.8 Å². The first kappa shape index (κ1) is 8.26. The summed E-state index contributed by atoms with van der Waals surface area (Å²) in [6, 6.07) is -2.64. The topological polar surface area (TPSA) is 107 Å². The molecule has 2 N–H and O–H groups in total. The van der Waals surface area contributed by atoms with Crippen molar-refractivity contribution < 1.29 is 36.6 Å². The van der Waals surface area contributed by atoms with Crippen molar-refractivity contribution in [2.24, 2.45) is 0 Å². The van der Waals surface area contributed by atoms with Crippen molar-refractivity contribution in [2.45, 2.75) is 0 Å². The molecule has 3 heterocycles. The van der Waals surface area contributed by atoms with Crippen LogP contribution in [0.1, 0.15) is 25.6 Å². The molecular formula is C19H21N5O4. The van der Waals surface area contributed by atoms with Gasteiger partial charge in [-0.3, -0.25) is 4.79 Å². The van der Waals surface area contributed by atoms with E-state index in [1.54, 1.807) is 0 Å². The van der Waals surface area contributed by atoms with E-state index < -0.39 is 84.4 Å². The molecule has 1 saturated heterocycles. The number of carbonyl (C=O) groups is 1. The van der Waals surface area contributed by atoms with E-state index in [9.17, 15) is 4.79 Å². The summed E-state index contributed by atoms with van der Waals surface area (Å²) >= 11 is 0. The van der Waals surface area contributed by atoms with Crippen molar-refractivity contribution in [2.75, 3.05) is 50.9 Å². The maximum Gasteiger partial charge on any atom is 0.289 e. The molecule has 2 aromatic heterocycles. The maximum atomic E-state index is 12.8. The third-order valence-corrected chi connectivity index (χ3v) is 4.18. The van der Waals surface area contributed by atoms with Crippen molar-refractivity contribution in [3.05, 3.63) is 36.2 Å². The average molecular weight is 396 g/mol. The Morgan fingerprint density at radius 3 is 2.71 bits per heavy atom. The number of anilines is 2. The Labute approximate surface area is 180 Å². The monoisotopic (exact) mass is 396 g/mol.